The summed E-state index contributed by atoms with van der Waals surface area (Å²) in [7, 11) is 0. The van der Waals surface area contributed by atoms with E-state index < -0.39 is 0 Å². The van der Waals surface area contributed by atoms with E-state index in [2.05, 4.69) is 16.0 Å². The van der Waals surface area contributed by atoms with Crippen LogP contribution in [0.2, 0.25) is 10.0 Å². The molecule has 1 saturated heterocycles. The van der Waals surface area contributed by atoms with Crippen molar-refractivity contribution in [2.75, 3.05) is 30.3 Å². The lowest BCUT2D eigenvalue weighted by atomic mass is 10.2. The highest BCUT2D eigenvalue weighted by Gasteiger charge is 2.16. The number of anilines is 2. The molecular formula is C20H21Cl2N3O3. The molecule has 2 aromatic rings. The summed E-state index contributed by atoms with van der Waals surface area (Å²) < 4.78 is 5.49. The third-order valence-electron chi connectivity index (χ3n) is 4.32. The van der Waals surface area contributed by atoms with Crippen LogP contribution in [-0.2, 0) is 9.53 Å². The number of carbonyl (C=O) groups excluding carboxylic acids is 2. The highest BCUT2D eigenvalue weighted by atomic mass is 35.5. The molecule has 0 spiro atoms. The fourth-order valence-electron chi connectivity index (χ4n) is 2.83. The van der Waals surface area contributed by atoms with Crippen molar-refractivity contribution >= 4 is 46.4 Å². The van der Waals surface area contributed by atoms with Crippen molar-refractivity contribution in [3.05, 3.63) is 58.1 Å². The molecule has 8 heteroatoms. The number of hydrogen-bond donors (Lipinski definition) is 3. The van der Waals surface area contributed by atoms with Gasteiger partial charge >= 0.3 is 0 Å². The van der Waals surface area contributed by atoms with E-state index in [1.165, 1.54) is 0 Å². The predicted octanol–water partition coefficient (Wildman–Crippen LogP) is 3.95. The molecule has 1 atom stereocenters. The van der Waals surface area contributed by atoms with E-state index in [-0.39, 0.29) is 24.5 Å². The fourth-order valence-corrected chi connectivity index (χ4v) is 3.31. The molecular weight excluding hydrogens is 401 g/mol. The van der Waals surface area contributed by atoms with E-state index in [1.54, 1.807) is 42.5 Å². The third kappa shape index (κ3) is 5.86. The molecule has 2 amide bonds. The predicted molar refractivity (Wildman–Crippen MR) is 111 cm³/mol. The van der Waals surface area contributed by atoms with Gasteiger partial charge in [-0.15, -0.1) is 0 Å². The van der Waals surface area contributed by atoms with Gasteiger partial charge in [-0.2, -0.15) is 0 Å². The zero-order valence-electron chi connectivity index (χ0n) is 15.1. The summed E-state index contributed by atoms with van der Waals surface area (Å²) in [5.41, 5.74) is 1.76. The molecule has 0 aromatic heterocycles. The molecule has 0 bridgehead atoms. The molecule has 0 radical (unpaired) electrons. The van der Waals surface area contributed by atoms with Crippen LogP contribution < -0.4 is 16.0 Å². The van der Waals surface area contributed by atoms with Gasteiger partial charge < -0.3 is 20.7 Å². The van der Waals surface area contributed by atoms with Gasteiger partial charge in [0.05, 0.1) is 23.4 Å². The number of amides is 2. The van der Waals surface area contributed by atoms with Crippen LogP contribution in [0.4, 0.5) is 11.4 Å². The van der Waals surface area contributed by atoms with Crippen LogP contribution in [0.5, 0.6) is 0 Å². The minimum absolute atomic E-state index is 0.0466. The number of ether oxygens (including phenoxy) is 1. The zero-order valence-corrected chi connectivity index (χ0v) is 16.6. The third-order valence-corrected chi connectivity index (χ3v) is 4.86. The maximum absolute atomic E-state index is 12.2. The molecule has 1 heterocycles. The smallest absolute Gasteiger partial charge is 0.251 e. The molecule has 6 nitrogen and oxygen atoms in total. The first-order valence-corrected chi connectivity index (χ1v) is 9.75. The second-order valence-electron chi connectivity index (χ2n) is 6.45. The summed E-state index contributed by atoms with van der Waals surface area (Å²) in [4.78, 5) is 24.3. The van der Waals surface area contributed by atoms with Gasteiger partial charge in [0.1, 0.15) is 0 Å². The minimum Gasteiger partial charge on any atom is -0.376 e. The molecule has 1 unspecified atom stereocenters. The lowest BCUT2D eigenvalue weighted by Gasteiger charge is -2.11. The molecule has 2 aromatic carbocycles. The first kappa shape index (κ1) is 20.5. The van der Waals surface area contributed by atoms with Crippen LogP contribution in [0.1, 0.15) is 23.2 Å². The Morgan fingerprint density at radius 2 is 1.89 bits per heavy atom. The summed E-state index contributed by atoms with van der Waals surface area (Å²) in [6, 6.07) is 11.7. The van der Waals surface area contributed by atoms with E-state index in [9.17, 15) is 9.59 Å². The molecule has 148 valence electrons. The van der Waals surface area contributed by atoms with Gasteiger partial charge in [0.25, 0.3) is 5.91 Å². The summed E-state index contributed by atoms with van der Waals surface area (Å²) in [6.07, 6.45) is 2.11. The topological polar surface area (TPSA) is 79.5 Å². The Labute approximate surface area is 173 Å². The second-order valence-corrected chi connectivity index (χ2v) is 7.29. The van der Waals surface area contributed by atoms with Crippen molar-refractivity contribution in [2.24, 2.45) is 0 Å². The Morgan fingerprint density at radius 1 is 1.11 bits per heavy atom. The van der Waals surface area contributed by atoms with Crippen molar-refractivity contribution in [2.45, 2.75) is 18.9 Å². The average molecular weight is 422 g/mol. The monoisotopic (exact) mass is 421 g/mol. The van der Waals surface area contributed by atoms with E-state index in [4.69, 9.17) is 27.9 Å². The summed E-state index contributed by atoms with van der Waals surface area (Å²) in [5, 5.41) is 9.55. The van der Waals surface area contributed by atoms with Crippen molar-refractivity contribution in [1.82, 2.24) is 5.32 Å². The normalized spacial score (nSPS) is 15.9. The first-order chi connectivity index (χ1) is 13.5. The van der Waals surface area contributed by atoms with Gasteiger partial charge in [-0.3, -0.25) is 9.59 Å². The van der Waals surface area contributed by atoms with Crippen LogP contribution >= 0.6 is 23.2 Å². The average Bonchev–Trinajstić information content (AvgIpc) is 3.19. The van der Waals surface area contributed by atoms with Gasteiger partial charge in [0.15, 0.2) is 0 Å². The summed E-state index contributed by atoms with van der Waals surface area (Å²) >= 11 is 11.9. The Bertz CT molecular complexity index is 837. The van der Waals surface area contributed by atoms with Crippen LogP contribution in [0.3, 0.4) is 0 Å². The minimum atomic E-state index is -0.235. The van der Waals surface area contributed by atoms with Crippen molar-refractivity contribution < 1.29 is 14.3 Å². The number of rotatable bonds is 7. The molecule has 3 rings (SSSR count). The standard InChI is InChI=1S/C20H21Cl2N3O3/c21-14-5-8-18(17(22)10-14)23-12-19(26)25-15-6-3-13(4-7-15)20(27)24-11-16-2-1-9-28-16/h3-8,10,16,23H,1-2,9,11-12H2,(H,24,27)(H,25,26). The molecule has 0 saturated carbocycles. The molecule has 0 aliphatic carbocycles. The Hall–Kier alpha value is -2.28. The van der Waals surface area contributed by atoms with Crippen LogP contribution in [0, 0.1) is 0 Å². The van der Waals surface area contributed by atoms with Crippen LogP contribution in [0.15, 0.2) is 42.5 Å². The summed E-state index contributed by atoms with van der Waals surface area (Å²) in [6.45, 7) is 1.31. The van der Waals surface area contributed by atoms with E-state index in [0.717, 1.165) is 19.4 Å². The highest BCUT2D eigenvalue weighted by molar-refractivity contribution is 6.36. The Balaban J connectivity index is 1.46. The van der Waals surface area contributed by atoms with E-state index >= 15 is 0 Å². The zero-order chi connectivity index (χ0) is 19.9. The van der Waals surface area contributed by atoms with Crippen molar-refractivity contribution in [3.63, 3.8) is 0 Å². The number of nitrogens with one attached hydrogen (secondary N) is 3. The maximum atomic E-state index is 12.2. The molecule has 3 N–H and O–H groups in total. The lowest BCUT2D eigenvalue weighted by Crippen LogP contribution is -2.31. The number of halogens is 2. The maximum Gasteiger partial charge on any atom is 0.251 e. The molecule has 1 aliphatic rings. The largest absolute Gasteiger partial charge is 0.376 e. The van der Waals surface area contributed by atoms with Crippen LogP contribution in [0.25, 0.3) is 0 Å². The first-order valence-electron chi connectivity index (χ1n) is 9.00. The van der Waals surface area contributed by atoms with Gasteiger partial charge in [-0.05, 0) is 55.3 Å². The Kier molecular flexibility index (Phi) is 7.14. The van der Waals surface area contributed by atoms with Crippen molar-refractivity contribution in [1.29, 1.82) is 0 Å². The Morgan fingerprint density at radius 3 is 2.57 bits per heavy atom. The molecule has 1 aliphatic heterocycles. The van der Waals surface area contributed by atoms with Gasteiger partial charge in [-0.25, -0.2) is 0 Å². The molecule has 1 fully saturated rings. The van der Waals surface area contributed by atoms with Crippen LogP contribution in [-0.4, -0.2) is 37.6 Å². The molecule has 28 heavy (non-hydrogen) atoms. The second kappa shape index (κ2) is 9.78. The van der Waals surface area contributed by atoms with Gasteiger partial charge in [0, 0.05) is 29.4 Å². The van der Waals surface area contributed by atoms with E-state index in [0.29, 0.717) is 33.5 Å². The lowest BCUT2D eigenvalue weighted by molar-refractivity contribution is -0.114. The highest BCUT2D eigenvalue weighted by Crippen LogP contribution is 2.25. The number of benzene rings is 2. The summed E-state index contributed by atoms with van der Waals surface area (Å²) in [5.74, 6) is -0.394. The number of carbonyl (C=O) groups is 2. The van der Waals surface area contributed by atoms with Gasteiger partial charge in [0.2, 0.25) is 5.91 Å². The quantitative estimate of drug-likeness (QED) is 0.631. The fraction of sp³-hybridized carbons (Fsp3) is 0.300. The van der Waals surface area contributed by atoms with E-state index in [1.807, 2.05) is 0 Å². The SMILES string of the molecule is O=C(CNc1ccc(Cl)cc1Cl)Nc1ccc(C(=O)NCC2CCCO2)cc1. The number of hydrogen-bond acceptors (Lipinski definition) is 4. The van der Waals surface area contributed by atoms with Crippen molar-refractivity contribution in [3.8, 4) is 0 Å². The van der Waals surface area contributed by atoms with Gasteiger partial charge in [-0.1, -0.05) is 23.2 Å².